The predicted octanol–water partition coefficient (Wildman–Crippen LogP) is 5.56. The molecule has 1 atom stereocenters. The van der Waals surface area contributed by atoms with Crippen LogP contribution < -0.4 is 0 Å². The Morgan fingerprint density at radius 2 is 1.68 bits per heavy atom. The van der Waals surface area contributed by atoms with Crippen LogP contribution in [0, 0.1) is 5.92 Å². The number of benzene rings is 2. The van der Waals surface area contributed by atoms with Crippen LogP contribution in [-0.4, -0.2) is 29.2 Å². The van der Waals surface area contributed by atoms with E-state index in [1.807, 2.05) is 47.4 Å². The molecule has 1 amide bonds. The van der Waals surface area contributed by atoms with Crippen molar-refractivity contribution in [3.05, 3.63) is 58.1 Å². The lowest BCUT2D eigenvalue weighted by molar-refractivity contribution is -0.135. The van der Waals surface area contributed by atoms with Gasteiger partial charge in [0.2, 0.25) is 5.91 Å². The number of likely N-dealkylation sites (tertiary alicyclic amines) is 1. The van der Waals surface area contributed by atoms with Crippen LogP contribution in [0.25, 0.3) is 11.1 Å². The fourth-order valence-electron chi connectivity index (χ4n) is 4.38. The molecule has 2 aliphatic rings. The number of amides is 1. The number of carbonyl (C=O) groups is 2. The average Bonchev–Trinajstić information content (AvgIpc) is 3.04. The summed E-state index contributed by atoms with van der Waals surface area (Å²) in [6, 6.07) is 13.9. The number of hydrogen-bond acceptors (Lipinski definition) is 2. The molecular weight excluding hydrogens is 393 g/mol. The molecule has 1 unspecified atom stereocenters. The Labute approximate surface area is 175 Å². The van der Waals surface area contributed by atoms with Crippen LogP contribution in [-0.2, 0) is 16.0 Å². The minimum absolute atomic E-state index is 0.0212. The van der Waals surface area contributed by atoms with Crippen molar-refractivity contribution in [1.82, 2.24) is 4.90 Å². The highest BCUT2D eigenvalue weighted by atomic mass is 35.5. The summed E-state index contributed by atoms with van der Waals surface area (Å²) in [5.74, 6) is 0.521. The Balaban J connectivity index is 1.44. The van der Waals surface area contributed by atoms with Crippen molar-refractivity contribution >= 4 is 34.9 Å². The number of rotatable bonds is 4. The first-order valence-corrected chi connectivity index (χ1v) is 10.6. The lowest BCUT2D eigenvalue weighted by Gasteiger charge is -2.30. The number of ketones is 1. The third kappa shape index (κ3) is 4.11. The number of carbonyl (C=O) groups excluding carboxylic acids is 2. The van der Waals surface area contributed by atoms with Gasteiger partial charge in [-0.3, -0.25) is 9.59 Å². The second kappa shape index (κ2) is 8.26. The summed E-state index contributed by atoms with van der Waals surface area (Å²) < 4.78 is 0. The molecule has 5 heteroatoms. The Hall–Kier alpha value is -1.84. The fourth-order valence-corrected chi connectivity index (χ4v) is 4.83. The van der Waals surface area contributed by atoms with Crippen LogP contribution in [0.15, 0.2) is 42.5 Å². The maximum absolute atomic E-state index is 12.9. The molecule has 0 spiro atoms. The van der Waals surface area contributed by atoms with Gasteiger partial charge in [0, 0.05) is 41.4 Å². The molecule has 1 aliphatic heterocycles. The number of hydrogen-bond donors (Lipinski definition) is 0. The fraction of sp³-hybridized carbons (Fsp3) is 0.391. The molecule has 2 fully saturated rings. The third-order valence-electron chi connectivity index (χ3n) is 5.98. The molecule has 2 aromatic rings. The van der Waals surface area contributed by atoms with Crippen molar-refractivity contribution in [2.45, 2.75) is 44.6 Å². The van der Waals surface area contributed by atoms with Gasteiger partial charge in [0.1, 0.15) is 5.78 Å². The Morgan fingerprint density at radius 1 is 0.929 bits per heavy atom. The minimum atomic E-state index is -0.0212. The van der Waals surface area contributed by atoms with Crippen LogP contribution in [0.3, 0.4) is 0 Å². The summed E-state index contributed by atoms with van der Waals surface area (Å²) in [6.07, 6.45) is 4.36. The topological polar surface area (TPSA) is 37.4 Å². The molecule has 0 radical (unpaired) electrons. The van der Waals surface area contributed by atoms with E-state index < -0.39 is 0 Å². The Kier molecular flexibility index (Phi) is 5.75. The second-order valence-corrected chi connectivity index (χ2v) is 8.65. The molecule has 3 nitrogen and oxygen atoms in total. The zero-order valence-corrected chi connectivity index (χ0v) is 17.2. The van der Waals surface area contributed by atoms with Gasteiger partial charge in [-0.2, -0.15) is 0 Å². The first-order valence-electron chi connectivity index (χ1n) is 9.88. The number of Topliss-reactive ketones (excluding diaryl/α,β-unsaturated/α-hetero) is 1. The maximum atomic E-state index is 12.9. The van der Waals surface area contributed by atoms with E-state index in [2.05, 4.69) is 0 Å². The van der Waals surface area contributed by atoms with E-state index in [0.717, 1.165) is 42.5 Å². The molecule has 0 bridgehead atoms. The van der Waals surface area contributed by atoms with Gasteiger partial charge in [0.05, 0.1) is 0 Å². The van der Waals surface area contributed by atoms with Crippen molar-refractivity contribution < 1.29 is 9.59 Å². The van der Waals surface area contributed by atoms with Crippen molar-refractivity contribution in [2.75, 3.05) is 6.54 Å². The van der Waals surface area contributed by atoms with E-state index in [1.165, 1.54) is 0 Å². The summed E-state index contributed by atoms with van der Waals surface area (Å²) in [4.78, 5) is 26.4. The lowest BCUT2D eigenvalue weighted by atomic mass is 9.93. The van der Waals surface area contributed by atoms with E-state index in [0.29, 0.717) is 35.1 Å². The zero-order chi connectivity index (χ0) is 19.7. The average molecular weight is 416 g/mol. The van der Waals surface area contributed by atoms with Crippen LogP contribution in [0.5, 0.6) is 0 Å². The van der Waals surface area contributed by atoms with E-state index in [9.17, 15) is 9.59 Å². The van der Waals surface area contributed by atoms with Gasteiger partial charge in [-0.15, -0.1) is 0 Å². The third-order valence-corrected chi connectivity index (χ3v) is 6.57. The maximum Gasteiger partial charge on any atom is 0.226 e. The van der Waals surface area contributed by atoms with Gasteiger partial charge in [-0.05, 0) is 60.6 Å². The molecule has 0 N–H and O–H groups in total. The second-order valence-electron chi connectivity index (χ2n) is 7.81. The molecule has 1 aliphatic carbocycles. The zero-order valence-electron chi connectivity index (χ0n) is 15.7. The van der Waals surface area contributed by atoms with Gasteiger partial charge in [0.25, 0.3) is 0 Å². The molecule has 2 aromatic carbocycles. The van der Waals surface area contributed by atoms with Crippen molar-refractivity contribution in [1.29, 1.82) is 0 Å². The first-order chi connectivity index (χ1) is 13.5. The van der Waals surface area contributed by atoms with Crippen LogP contribution >= 0.6 is 23.2 Å². The SMILES string of the molecule is O=C1CCC(N2CCC(Cc3ccc(-c4cccc(Cl)c4)cc3Cl)C2=O)CC1. The van der Waals surface area contributed by atoms with Gasteiger partial charge < -0.3 is 4.90 Å². The molecule has 146 valence electrons. The number of halogens is 2. The van der Waals surface area contributed by atoms with E-state index in [-0.39, 0.29) is 17.9 Å². The van der Waals surface area contributed by atoms with Crippen LogP contribution in [0.2, 0.25) is 10.0 Å². The van der Waals surface area contributed by atoms with Gasteiger partial charge in [-0.1, -0.05) is 47.5 Å². The number of nitrogens with zero attached hydrogens (tertiary/aromatic N) is 1. The van der Waals surface area contributed by atoms with Crippen molar-refractivity contribution in [3.8, 4) is 11.1 Å². The van der Waals surface area contributed by atoms with Crippen molar-refractivity contribution in [2.24, 2.45) is 5.92 Å². The normalized spacial score (nSPS) is 20.8. The van der Waals surface area contributed by atoms with Crippen LogP contribution in [0.1, 0.15) is 37.7 Å². The highest BCUT2D eigenvalue weighted by molar-refractivity contribution is 6.32. The van der Waals surface area contributed by atoms with Gasteiger partial charge in [-0.25, -0.2) is 0 Å². The van der Waals surface area contributed by atoms with Gasteiger partial charge in [0.15, 0.2) is 0 Å². The highest BCUT2D eigenvalue weighted by Crippen LogP contribution is 2.33. The minimum Gasteiger partial charge on any atom is -0.339 e. The molecule has 1 saturated heterocycles. The molecule has 28 heavy (non-hydrogen) atoms. The molecule has 4 rings (SSSR count). The van der Waals surface area contributed by atoms with Crippen molar-refractivity contribution in [3.63, 3.8) is 0 Å². The predicted molar refractivity (Wildman–Crippen MR) is 113 cm³/mol. The molecule has 0 aromatic heterocycles. The molecule has 1 heterocycles. The molecule has 1 saturated carbocycles. The summed E-state index contributed by atoms with van der Waals surface area (Å²) in [6.45, 7) is 0.792. The largest absolute Gasteiger partial charge is 0.339 e. The lowest BCUT2D eigenvalue weighted by Crippen LogP contribution is -2.40. The standard InChI is InChI=1S/C23H23Cl2NO2/c24-19-3-1-2-15(13-19)16-4-5-17(22(25)14-16)12-18-10-11-26(23(18)28)20-6-8-21(27)9-7-20/h1-5,13-14,18,20H,6-12H2. The molecular formula is C23H23Cl2NO2. The smallest absolute Gasteiger partial charge is 0.226 e. The quantitative estimate of drug-likeness (QED) is 0.654. The van der Waals surface area contributed by atoms with E-state index in [1.54, 1.807) is 0 Å². The monoisotopic (exact) mass is 415 g/mol. The van der Waals surface area contributed by atoms with E-state index >= 15 is 0 Å². The summed E-state index contributed by atoms with van der Waals surface area (Å²) in [5.41, 5.74) is 3.05. The summed E-state index contributed by atoms with van der Waals surface area (Å²) in [7, 11) is 0. The van der Waals surface area contributed by atoms with Gasteiger partial charge >= 0.3 is 0 Å². The Bertz CT molecular complexity index is 901. The highest BCUT2D eigenvalue weighted by Gasteiger charge is 2.37. The van der Waals surface area contributed by atoms with Crippen LogP contribution in [0.4, 0.5) is 0 Å². The van der Waals surface area contributed by atoms with E-state index in [4.69, 9.17) is 23.2 Å². The summed E-state index contributed by atoms with van der Waals surface area (Å²) >= 11 is 12.6. The Morgan fingerprint density at radius 3 is 2.39 bits per heavy atom. The summed E-state index contributed by atoms with van der Waals surface area (Å²) in [5, 5.41) is 1.38. The first kappa shape index (κ1) is 19.5.